The fourth-order valence-electron chi connectivity index (χ4n) is 2.29. The van der Waals surface area contributed by atoms with E-state index < -0.39 is 6.04 Å². The summed E-state index contributed by atoms with van der Waals surface area (Å²) in [5.41, 5.74) is 2.74. The third-order valence-electron chi connectivity index (χ3n) is 3.58. The Morgan fingerprint density at radius 2 is 1.96 bits per heavy atom. The number of rotatable bonds is 6. The minimum atomic E-state index is -0.634. The maximum absolute atomic E-state index is 12.0. The van der Waals surface area contributed by atoms with E-state index in [2.05, 4.69) is 21.0 Å². The van der Waals surface area contributed by atoms with Crippen molar-refractivity contribution in [3.63, 3.8) is 0 Å². The van der Waals surface area contributed by atoms with Gasteiger partial charge in [0.1, 0.15) is 6.04 Å². The van der Waals surface area contributed by atoms with Crippen molar-refractivity contribution in [2.24, 2.45) is 7.05 Å². The second kappa shape index (κ2) is 8.14. The van der Waals surface area contributed by atoms with Crippen LogP contribution in [0.25, 0.3) is 0 Å². The number of amides is 3. The molecule has 3 amide bonds. The van der Waals surface area contributed by atoms with Crippen molar-refractivity contribution in [2.75, 3.05) is 11.9 Å². The Balaban J connectivity index is 1.73. The third kappa shape index (κ3) is 5.12. The molecule has 0 aliphatic carbocycles. The van der Waals surface area contributed by atoms with Gasteiger partial charge in [0.25, 0.3) is 0 Å². The van der Waals surface area contributed by atoms with Crippen molar-refractivity contribution in [3.05, 3.63) is 47.8 Å². The Labute approximate surface area is 141 Å². The molecule has 2 rings (SSSR count). The Bertz CT molecular complexity index is 696. The number of benzene rings is 1. The molecule has 1 atom stereocenters. The van der Waals surface area contributed by atoms with E-state index in [-0.39, 0.29) is 11.9 Å². The van der Waals surface area contributed by atoms with E-state index >= 15 is 0 Å². The summed E-state index contributed by atoms with van der Waals surface area (Å²) in [5, 5.41) is 12.4. The molecular weight excluding hydrogens is 306 g/mol. The van der Waals surface area contributed by atoms with E-state index in [0.717, 1.165) is 11.3 Å². The summed E-state index contributed by atoms with van der Waals surface area (Å²) >= 11 is 0. The van der Waals surface area contributed by atoms with Crippen LogP contribution >= 0.6 is 0 Å². The molecule has 7 heteroatoms. The van der Waals surface area contributed by atoms with Crippen LogP contribution in [0.2, 0.25) is 0 Å². The fraction of sp³-hybridized carbons (Fsp3) is 0.353. The van der Waals surface area contributed by atoms with Gasteiger partial charge in [0.15, 0.2) is 0 Å². The number of para-hydroxylation sites is 1. The molecule has 1 aromatic carbocycles. The lowest BCUT2D eigenvalue weighted by Crippen LogP contribution is -2.46. The lowest BCUT2D eigenvalue weighted by atomic mass is 10.2. The van der Waals surface area contributed by atoms with E-state index in [1.54, 1.807) is 23.7 Å². The van der Waals surface area contributed by atoms with Crippen molar-refractivity contribution >= 4 is 17.6 Å². The number of carbonyl (C=O) groups is 2. The van der Waals surface area contributed by atoms with Crippen molar-refractivity contribution in [2.45, 2.75) is 26.3 Å². The van der Waals surface area contributed by atoms with Gasteiger partial charge in [0.05, 0.1) is 5.69 Å². The summed E-state index contributed by atoms with van der Waals surface area (Å²) in [4.78, 5) is 23.9. The second-order valence-corrected chi connectivity index (χ2v) is 5.64. The van der Waals surface area contributed by atoms with Crippen LogP contribution in [0.1, 0.15) is 18.2 Å². The van der Waals surface area contributed by atoms with Gasteiger partial charge in [-0.15, -0.1) is 0 Å². The van der Waals surface area contributed by atoms with Gasteiger partial charge in [-0.1, -0.05) is 18.2 Å². The summed E-state index contributed by atoms with van der Waals surface area (Å²) < 4.78 is 1.75. The van der Waals surface area contributed by atoms with Crippen LogP contribution in [0.4, 0.5) is 10.5 Å². The molecule has 0 spiro atoms. The monoisotopic (exact) mass is 329 g/mol. The zero-order chi connectivity index (χ0) is 17.5. The van der Waals surface area contributed by atoms with Crippen LogP contribution in [0.5, 0.6) is 0 Å². The zero-order valence-electron chi connectivity index (χ0n) is 14.2. The number of hydrogen-bond donors (Lipinski definition) is 3. The fourth-order valence-corrected chi connectivity index (χ4v) is 2.29. The quantitative estimate of drug-likeness (QED) is 0.752. The molecule has 0 saturated carbocycles. The summed E-state index contributed by atoms with van der Waals surface area (Å²) in [7, 11) is 1.86. The lowest BCUT2D eigenvalue weighted by molar-refractivity contribution is -0.117. The van der Waals surface area contributed by atoms with E-state index in [1.165, 1.54) is 0 Å². The van der Waals surface area contributed by atoms with Crippen LogP contribution in [0.3, 0.4) is 0 Å². The van der Waals surface area contributed by atoms with Gasteiger partial charge in [-0.05, 0) is 38.0 Å². The number of nitrogens with one attached hydrogen (secondary N) is 3. The van der Waals surface area contributed by atoms with Crippen molar-refractivity contribution < 1.29 is 9.59 Å². The molecule has 1 heterocycles. The van der Waals surface area contributed by atoms with E-state index in [0.29, 0.717) is 18.7 Å². The molecule has 0 fully saturated rings. The Hall–Kier alpha value is -2.83. The first-order valence-corrected chi connectivity index (χ1v) is 7.85. The Kier molecular flexibility index (Phi) is 5.95. The summed E-state index contributed by atoms with van der Waals surface area (Å²) in [5.74, 6) is -0.264. The van der Waals surface area contributed by atoms with Gasteiger partial charge in [-0.2, -0.15) is 5.10 Å². The number of aromatic nitrogens is 2. The maximum Gasteiger partial charge on any atom is 0.315 e. The highest BCUT2D eigenvalue weighted by molar-refractivity contribution is 5.96. The molecule has 24 heavy (non-hydrogen) atoms. The Morgan fingerprint density at radius 3 is 2.58 bits per heavy atom. The first-order chi connectivity index (χ1) is 11.5. The molecule has 1 unspecified atom stereocenters. The summed E-state index contributed by atoms with van der Waals surface area (Å²) in [6, 6.07) is 8.12. The maximum atomic E-state index is 12.0. The first-order valence-electron chi connectivity index (χ1n) is 7.85. The molecular formula is C17H23N5O2. The van der Waals surface area contributed by atoms with Gasteiger partial charge in [-0.3, -0.25) is 9.48 Å². The van der Waals surface area contributed by atoms with E-state index in [4.69, 9.17) is 0 Å². The van der Waals surface area contributed by atoms with Crippen LogP contribution < -0.4 is 16.0 Å². The van der Waals surface area contributed by atoms with Crippen molar-refractivity contribution in [1.29, 1.82) is 0 Å². The highest BCUT2D eigenvalue weighted by atomic mass is 16.2. The van der Waals surface area contributed by atoms with Crippen molar-refractivity contribution in [3.8, 4) is 0 Å². The standard InChI is InChI=1S/C17H23N5O2/c1-12-14(11-22(3)21-12)9-10-18-17(24)19-13(2)16(23)20-15-7-5-4-6-8-15/h4-8,11,13H,9-10H2,1-3H3,(H,20,23)(H2,18,19,24). The highest BCUT2D eigenvalue weighted by Gasteiger charge is 2.15. The Morgan fingerprint density at radius 1 is 1.25 bits per heavy atom. The number of aryl methyl sites for hydroxylation is 2. The van der Waals surface area contributed by atoms with Crippen LogP contribution in [-0.2, 0) is 18.3 Å². The molecule has 0 bridgehead atoms. The first kappa shape index (κ1) is 17.5. The lowest BCUT2D eigenvalue weighted by Gasteiger charge is -2.14. The van der Waals surface area contributed by atoms with Gasteiger partial charge in [0.2, 0.25) is 5.91 Å². The topological polar surface area (TPSA) is 88.1 Å². The minimum Gasteiger partial charge on any atom is -0.338 e. The molecule has 0 radical (unpaired) electrons. The summed E-state index contributed by atoms with van der Waals surface area (Å²) in [6.45, 7) is 4.06. The molecule has 1 aromatic heterocycles. The molecule has 0 aliphatic rings. The van der Waals surface area contributed by atoms with Gasteiger partial charge in [0, 0.05) is 25.5 Å². The van der Waals surface area contributed by atoms with Gasteiger partial charge >= 0.3 is 6.03 Å². The molecule has 3 N–H and O–H groups in total. The number of carbonyl (C=O) groups excluding carboxylic acids is 2. The smallest absolute Gasteiger partial charge is 0.315 e. The van der Waals surface area contributed by atoms with E-state index in [1.807, 2.05) is 38.4 Å². The molecule has 2 aromatic rings. The third-order valence-corrected chi connectivity index (χ3v) is 3.58. The molecule has 7 nitrogen and oxygen atoms in total. The number of nitrogens with zero attached hydrogens (tertiary/aromatic N) is 2. The number of urea groups is 1. The van der Waals surface area contributed by atoms with Gasteiger partial charge < -0.3 is 16.0 Å². The van der Waals surface area contributed by atoms with Crippen LogP contribution in [-0.4, -0.2) is 34.3 Å². The number of hydrogen-bond acceptors (Lipinski definition) is 3. The minimum absolute atomic E-state index is 0.264. The molecule has 0 aliphatic heterocycles. The summed E-state index contributed by atoms with van der Waals surface area (Å²) in [6.07, 6.45) is 2.63. The average molecular weight is 329 g/mol. The van der Waals surface area contributed by atoms with Crippen LogP contribution in [0, 0.1) is 6.92 Å². The second-order valence-electron chi connectivity index (χ2n) is 5.64. The normalized spacial score (nSPS) is 11.6. The van der Waals surface area contributed by atoms with Crippen LogP contribution in [0.15, 0.2) is 36.5 Å². The van der Waals surface area contributed by atoms with E-state index in [9.17, 15) is 9.59 Å². The zero-order valence-corrected chi connectivity index (χ0v) is 14.2. The molecule has 128 valence electrons. The predicted molar refractivity (Wildman–Crippen MR) is 92.7 cm³/mol. The number of anilines is 1. The largest absolute Gasteiger partial charge is 0.338 e. The average Bonchev–Trinajstić information content (AvgIpc) is 2.86. The predicted octanol–water partition coefficient (Wildman–Crippen LogP) is 1.60. The highest BCUT2D eigenvalue weighted by Crippen LogP contribution is 2.06. The SMILES string of the molecule is Cc1nn(C)cc1CCNC(=O)NC(C)C(=O)Nc1ccccc1. The van der Waals surface area contributed by atoms with Crippen molar-refractivity contribution in [1.82, 2.24) is 20.4 Å². The van der Waals surface area contributed by atoms with Gasteiger partial charge in [-0.25, -0.2) is 4.79 Å². The molecule has 0 saturated heterocycles.